The van der Waals surface area contributed by atoms with Crippen LogP contribution in [0.15, 0.2) is 12.2 Å². The number of rotatable bonds is 1. The van der Waals surface area contributed by atoms with Gasteiger partial charge in [-0.3, -0.25) is 9.69 Å². The molecule has 0 aromatic carbocycles. The van der Waals surface area contributed by atoms with Crippen molar-refractivity contribution in [1.82, 2.24) is 14.7 Å². The number of ether oxygens (including phenoxy) is 2. The third-order valence-electron chi connectivity index (χ3n) is 7.60. The topological polar surface area (TPSA) is 79.4 Å². The summed E-state index contributed by atoms with van der Waals surface area (Å²) in [6.07, 6.45) is 3.57. The smallest absolute Gasteiger partial charge is 0.411 e. The molecule has 4 aliphatic heterocycles. The van der Waals surface area contributed by atoms with Crippen molar-refractivity contribution in [1.29, 1.82) is 0 Å². The maximum atomic E-state index is 13.8. The molecule has 8 heteroatoms. The molecule has 4 heterocycles. The van der Waals surface area contributed by atoms with Gasteiger partial charge in [-0.15, -0.1) is 0 Å². The van der Waals surface area contributed by atoms with Crippen molar-refractivity contribution in [3.63, 3.8) is 0 Å². The summed E-state index contributed by atoms with van der Waals surface area (Å²) in [5.74, 6) is 0.00634. The molecule has 34 heavy (non-hydrogen) atoms. The Bertz CT molecular complexity index is 855. The van der Waals surface area contributed by atoms with Crippen molar-refractivity contribution in [2.24, 2.45) is 11.3 Å². The standard InChI is InChI=1S/C26H41N3O5/c1-17-14-18-8-9-19(17)20(29(18)23(32)34-25(5,6)7)21(30)27-12-10-26(11-13-27)15-28(16-26)22(31)33-24(2,3)4/h18-20H,1,8-16H2,2-7H3/t18-,19+,20+/m0/s1. The Morgan fingerprint density at radius 3 is 1.97 bits per heavy atom. The Morgan fingerprint density at radius 1 is 0.882 bits per heavy atom. The van der Waals surface area contributed by atoms with Gasteiger partial charge in [0.05, 0.1) is 0 Å². The summed E-state index contributed by atoms with van der Waals surface area (Å²) >= 11 is 0. The summed E-state index contributed by atoms with van der Waals surface area (Å²) < 4.78 is 11.2. The van der Waals surface area contributed by atoms with E-state index in [-0.39, 0.29) is 29.4 Å². The lowest BCUT2D eigenvalue weighted by Gasteiger charge is -2.55. The number of likely N-dealkylation sites (tertiary alicyclic amines) is 2. The third kappa shape index (κ3) is 4.91. The molecule has 5 fully saturated rings. The predicted molar refractivity (Wildman–Crippen MR) is 128 cm³/mol. The van der Waals surface area contributed by atoms with Crippen LogP contribution in [0, 0.1) is 11.3 Å². The molecule has 0 unspecified atom stereocenters. The van der Waals surface area contributed by atoms with Crippen LogP contribution in [-0.4, -0.2) is 82.3 Å². The third-order valence-corrected chi connectivity index (χ3v) is 7.60. The molecule has 1 aliphatic carbocycles. The average molecular weight is 476 g/mol. The van der Waals surface area contributed by atoms with Gasteiger partial charge in [0.25, 0.3) is 0 Å². The van der Waals surface area contributed by atoms with Gasteiger partial charge in [0, 0.05) is 43.6 Å². The normalized spacial score (nSPS) is 28.6. The minimum absolute atomic E-state index is 0.00716. The lowest BCUT2D eigenvalue weighted by Crippen LogP contribution is -2.66. The van der Waals surface area contributed by atoms with Gasteiger partial charge in [-0.1, -0.05) is 12.2 Å². The van der Waals surface area contributed by atoms with Gasteiger partial charge in [0.2, 0.25) is 5.91 Å². The molecule has 4 saturated heterocycles. The van der Waals surface area contributed by atoms with Crippen molar-refractivity contribution >= 4 is 18.1 Å². The van der Waals surface area contributed by atoms with Crippen LogP contribution in [-0.2, 0) is 14.3 Å². The van der Waals surface area contributed by atoms with Gasteiger partial charge in [-0.25, -0.2) is 9.59 Å². The fraction of sp³-hybridized carbons (Fsp3) is 0.808. The van der Waals surface area contributed by atoms with Crippen molar-refractivity contribution in [3.05, 3.63) is 12.2 Å². The lowest BCUT2D eigenvalue weighted by atomic mass is 9.70. The molecule has 0 aromatic heterocycles. The Labute approximate surface area is 203 Å². The summed E-state index contributed by atoms with van der Waals surface area (Å²) in [5.41, 5.74) is 0.0298. The molecule has 1 spiro atoms. The Kier molecular flexibility index (Phi) is 6.18. The Hall–Kier alpha value is -2.25. The van der Waals surface area contributed by atoms with Gasteiger partial charge in [0.15, 0.2) is 0 Å². The van der Waals surface area contributed by atoms with E-state index in [9.17, 15) is 14.4 Å². The van der Waals surface area contributed by atoms with Crippen LogP contribution in [0.4, 0.5) is 9.59 Å². The number of carbonyl (C=O) groups excluding carboxylic acids is 3. The average Bonchev–Trinajstić information content (AvgIpc) is 2.68. The van der Waals surface area contributed by atoms with Crippen LogP contribution in [0.2, 0.25) is 0 Å². The zero-order valence-corrected chi connectivity index (χ0v) is 21.7. The minimum atomic E-state index is -0.611. The van der Waals surface area contributed by atoms with Crippen molar-refractivity contribution in [3.8, 4) is 0 Å². The molecule has 190 valence electrons. The first-order valence-corrected chi connectivity index (χ1v) is 12.6. The highest BCUT2D eigenvalue weighted by molar-refractivity contribution is 5.87. The molecule has 2 bridgehead atoms. The highest BCUT2D eigenvalue weighted by Crippen LogP contribution is 2.45. The molecule has 1 saturated carbocycles. The molecule has 5 aliphatic rings. The van der Waals surface area contributed by atoms with Gasteiger partial charge in [0.1, 0.15) is 17.2 Å². The van der Waals surface area contributed by atoms with E-state index in [1.165, 1.54) is 0 Å². The van der Waals surface area contributed by atoms with E-state index in [4.69, 9.17) is 9.47 Å². The second-order valence-corrected chi connectivity index (χ2v) is 12.7. The van der Waals surface area contributed by atoms with E-state index in [2.05, 4.69) is 6.58 Å². The van der Waals surface area contributed by atoms with E-state index < -0.39 is 23.3 Å². The van der Waals surface area contributed by atoms with E-state index in [1.54, 1.807) is 9.80 Å². The summed E-state index contributed by atoms with van der Waals surface area (Å²) in [7, 11) is 0. The van der Waals surface area contributed by atoms with Crippen LogP contribution in [0.3, 0.4) is 0 Å². The largest absolute Gasteiger partial charge is 0.444 e. The summed E-state index contributed by atoms with van der Waals surface area (Å²) in [5, 5.41) is 0. The van der Waals surface area contributed by atoms with Crippen LogP contribution in [0.5, 0.6) is 0 Å². The molecule has 0 aromatic rings. The minimum Gasteiger partial charge on any atom is -0.444 e. The fourth-order valence-corrected chi connectivity index (χ4v) is 5.96. The predicted octanol–water partition coefficient (Wildman–Crippen LogP) is 4.19. The summed E-state index contributed by atoms with van der Waals surface area (Å²) in [6, 6.07) is -0.546. The molecule has 3 atom stereocenters. The monoisotopic (exact) mass is 475 g/mol. The van der Waals surface area contributed by atoms with Gasteiger partial charge < -0.3 is 19.3 Å². The van der Waals surface area contributed by atoms with Crippen LogP contribution in [0.25, 0.3) is 0 Å². The molecular weight excluding hydrogens is 434 g/mol. The molecule has 0 N–H and O–H groups in total. The summed E-state index contributed by atoms with van der Waals surface area (Å²) in [6.45, 7) is 18.1. The van der Waals surface area contributed by atoms with Gasteiger partial charge in [-0.2, -0.15) is 0 Å². The molecular formula is C26H41N3O5. The lowest BCUT2D eigenvalue weighted by molar-refractivity contribution is -0.148. The van der Waals surface area contributed by atoms with Crippen molar-refractivity contribution in [2.75, 3.05) is 26.2 Å². The SMILES string of the molecule is C=C1C[C@@H]2CC[C@H]1[C@H](C(=O)N1CCC3(CC1)CN(C(=O)OC(C)(C)C)C3)N2C(=O)OC(C)(C)C. The number of amides is 3. The van der Waals surface area contributed by atoms with E-state index in [0.29, 0.717) is 26.2 Å². The molecule has 3 amide bonds. The van der Waals surface area contributed by atoms with Crippen LogP contribution < -0.4 is 0 Å². The highest BCUT2D eigenvalue weighted by Gasteiger charge is 2.53. The van der Waals surface area contributed by atoms with E-state index in [0.717, 1.165) is 37.7 Å². The zero-order chi connectivity index (χ0) is 25.1. The van der Waals surface area contributed by atoms with Crippen LogP contribution >= 0.6 is 0 Å². The molecule has 8 nitrogen and oxygen atoms in total. The maximum absolute atomic E-state index is 13.8. The quantitative estimate of drug-likeness (QED) is 0.532. The second kappa shape index (κ2) is 8.45. The zero-order valence-electron chi connectivity index (χ0n) is 21.7. The number of carbonyl (C=O) groups is 3. The Morgan fingerprint density at radius 2 is 1.44 bits per heavy atom. The highest BCUT2D eigenvalue weighted by atomic mass is 16.6. The first-order chi connectivity index (χ1) is 15.7. The fourth-order valence-electron chi connectivity index (χ4n) is 5.96. The Balaban J connectivity index is 1.39. The summed E-state index contributed by atoms with van der Waals surface area (Å²) in [4.78, 5) is 44.6. The van der Waals surface area contributed by atoms with Crippen molar-refractivity contribution < 1.29 is 23.9 Å². The van der Waals surface area contributed by atoms with Gasteiger partial charge in [-0.05, 0) is 73.6 Å². The number of hydrogen-bond donors (Lipinski definition) is 0. The van der Waals surface area contributed by atoms with Gasteiger partial charge >= 0.3 is 12.2 Å². The number of hydrogen-bond acceptors (Lipinski definition) is 5. The number of nitrogens with zero attached hydrogens (tertiary/aromatic N) is 3. The van der Waals surface area contributed by atoms with Crippen LogP contribution in [0.1, 0.15) is 73.6 Å². The van der Waals surface area contributed by atoms with Crippen molar-refractivity contribution in [2.45, 2.75) is 96.9 Å². The first-order valence-electron chi connectivity index (χ1n) is 12.6. The number of piperidine rings is 3. The first kappa shape index (κ1) is 24.9. The number of fused-ring (bicyclic) bond motifs is 3. The molecule has 0 radical (unpaired) electrons. The maximum Gasteiger partial charge on any atom is 0.411 e. The second-order valence-electron chi connectivity index (χ2n) is 12.7. The van der Waals surface area contributed by atoms with E-state index >= 15 is 0 Å². The van der Waals surface area contributed by atoms with E-state index in [1.807, 2.05) is 46.4 Å². The molecule has 5 rings (SSSR count).